The van der Waals surface area contributed by atoms with Crippen LogP contribution in [0, 0.1) is 5.92 Å². The molecule has 4 heteroatoms. The molecule has 20 heavy (non-hydrogen) atoms. The van der Waals surface area contributed by atoms with Crippen LogP contribution in [0.4, 0.5) is 0 Å². The SMILES string of the molecule is COc1ccc(C(C)NCC2CCNCC2)c(OC)c1. The van der Waals surface area contributed by atoms with Gasteiger partial charge in [0, 0.05) is 17.7 Å². The largest absolute Gasteiger partial charge is 0.497 e. The van der Waals surface area contributed by atoms with Gasteiger partial charge in [-0.2, -0.15) is 0 Å². The third-order valence-electron chi connectivity index (χ3n) is 4.08. The monoisotopic (exact) mass is 278 g/mol. The first-order valence-corrected chi connectivity index (χ1v) is 7.40. The summed E-state index contributed by atoms with van der Waals surface area (Å²) in [5.74, 6) is 2.49. The smallest absolute Gasteiger partial charge is 0.127 e. The zero-order valence-electron chi connectivity index (χ0n) is 12.7. The van der Waals surface area contributed by atoms with E-state index in [1.165, 1.54) is 18.4 Å². The lowest BCUT2D eigenvalue weighted by Gasteiger charge is -2.25. The summed E-state index contributed by atoms with van der Waals surface area (Å²) >= 11 is 0. The summed E-state index contributed by atoms with van der Waals surface area (Å²) in [6.07, 6.45) is 2.53. The lowest BCUT2D eigenvalue weighted by molar-refractivity contribution is 0.340. The van der Waals surface area contributed by atoms with Crippen molar-refractivity contribution in [3.8, 4) is 11.5 Å². The van der Waals surface area contributed by atoms with E-state index in [-0.39, 0.29) is 6.04 Å². The van der Waals surface area contributed by atoms with Gasteiger partial charge in [0.05, 0.1) is 14.2 Å². The minimum atomic E-state index is 0.283. The standard InChI is InChI=1S/C16H26N2O2/c1-12(18-11-13-6-8-17-9-7-13)15-5-4-14(19-2)10-16(15)20-3/h4-5,10,12-13,17-18H,6-9,11H2,1-3H3. The molecule has 1 aliphatic rings. The van der Waals surface area contributed by atoms with E-state index < -0.39 is 0 Å². The predicted octanol–water partition coefficient (Wildman–Crippen LogP) is 2.35. The first-order valence-electron chi connectivity index (χ1n) is 7.40. The Kier molecular flexibility index (Phi) is 5.68. The highest BCUT2D eigenvalue weighted by atomic mass is 16.5. The maximum absolute atomic E-state index is 5.47. The zero-order valence-corrected chi connectivity index (χ0v) is 12.7. The van der Waals surface area contributed by atoms with Crippen LogP contribution < -0.4 is 20.1 Å². The minimum absolute atomic E-state index is 0.283. The van der Waals surface area contributed by atoms with Crippen LogP contribution in [0.2, 0.25) is 0 Å². The molecule has 0 bridgehead atoms. The van der Waals surface area contributed by atoms with Gasteiger partial charge in [0.25, 0.3) is 0 Å². The number of ether oxygens (including phenoxy) is 2. The van der Waals surface area contributed by atoms with Crippen molar-refractivity contribution in [3.05, 3.63) is 23.8 Å². The first-order chi connectivity index (χ1) is 9.74. The van der Waals surface area contributed by atoms with E-state index >= 15 is 0 Å². The van der Waals surface area contributed by atoms with Gasteiger partial charge in [0.1, 0.15) is 11.5 Å². The van der Waals surface area contributed by atoms with Gasteiger partial charge in [-0.3, -0.25) is 0 Å². The molecule has 0 saturated carbocycles. The number of hydrogen-bond donors (Lipinski definition) is 2. The van der Waals surface area contributed by atoms with Gasteiger partial charge in [-0.1, -0.05) is 6.07 Å². The normalized spacial score (nSPS) is 17.8. The number of piperidine rings is 1. The number of nitrogens with one attached hydrogen (secondary N) is 2. The maximum atomic E-state index is 5.47. The molecule has 0 aromatic heterocycles. The van der Waals surface area contributed by atoms with Gasteiger partial charge < -0.3 is 20.1 Å². The summed E-state index contributed by atoms with van der Waals surface area (Å²) < 4.78 is 10.7. The summed E-state index contributed by atoms with van der Waals surface area (Å²) in [6, 6.07) is 6.29. The molecule has 2 N–H and O–H groups in total. The Morgan fingerprint density at radius 2 is 2.00 bits per heavy atom. The molecule has 4 nitrogen and oxygen atoms in total. The average molecular weight is 278 g/mol. The highest BCUT2D eigenvalue weighted by Gasteiger charge is 2.16. The molecule has 1 saturated heterocycles. The molecule has 0 spiro atoms. The minimum Gasteiger partial charge on any atom is -0.497 e. The fraction of sp³-hybridized carbons (Fsp3) is 0.625. The molecule has 0 amide bonds. The molecule has 2 rings (SSSR count). The van der Waals surface area contributed by atoms with E-state index in [0.29, 0.717) is 0 Å². The highest BCUT2D eigenvalue weighted by Crippen LogP contribution is 2.29. The van der Waals surface area contributed by atoms with Gasteiger partial charge in [-0.05, 0) is 51.4 Å². The Bertz CT molecular complexity index is 417. The molecule has 0 radical (unpaired) electrons. The summed E-state index contributed by atoms with van der Waals surface area (Å²) in [5.41, 5.74) is 1.18. The highest BCUT2D eigenvalue weighted by molar-refractivity contribution is 5.42. The molecule has 0 aliphatic carbocycles. The first kappa shape index (κ1) is 15.1. The Balaban J connectivity index is 1.95. The second-order valence-corrected chi connectivity index (χ2v) is 5.43. The van der Waals surface area contributed by atoms with Crippen LogP contribution in [0.5, 0.6) is 11.5 Å². The van der Waals surface area contributed by atoms with Crippen LogP contribution in [0.25, 0.3) is 0 Å². The molecule has 1 heterocycles. The quantitative estimate of drug-likeness (QED) is 0.838. The van der Waals surface area contributed by atoms with E-state index in [1.54, 1.807) is 14.2 Å². The maximum Gasteiger partial charge on any atom is 0.127 e. The van der Waals surface area contributed by atoms with Gasteiger partial charge in [-0.15, -0.1) is 0 Å². The van der Waals surface area contributed by atoms with Gasteiger partial charge >= 0.3 is 0 Å². The van der Waals surface area contributed by atoms with Crippen LogP contribution in [-0.4, -0.2) is 33.9 Å². The van der Waals surface area contributed by atoms with Crippen LogP contribution in [-0.2, 0) is 0 Å². The van der Waals surface area contributed by atoms with Crippen molar-refractivity contribution in [2.75, 3.05) is 33.9 Å². The lowest BCUT2D eigenvalue weighted by atomic mass is 9.97. The van der Waals surface area contributed by atoms with Crippen molar-refractivity contribution < 1.29 is 9.47 Å². The van der Waals surface area contributed by atoms with E-state index in [4.69, 9.17) is 9.47 Å². The number of rotatable bonds is 6. The van der Waals surface area contributed by atoms with Crippen molar-refractivity contribution in [3.63, 3.8) is 0 Å². The number of hydrogen-bond acceptors (Lipinski definition) is 4. The van der Waals surface area contributed by atoms with E-state index in [9.17, 15) is 0 Å². The third kappa shape index (κ3) is 3.87. The fourth-order valence-corrected chi connectivity index (χ4v) is 2.72. The summed E-state index contributed by atoms with van der Waals surface area (Å²) in [6.45, 7) is 5.54. The number of methoxy groups -OCH3 is 2. The average Bonchev–Trinajstić information content (AvgIpc) is 2.52. The Morgan fingerprint density at radius 3 is 2.65 bits per heavy atom. The summed E-state index contributed by atoms with van der Waals surface area (Å²) in [4.78, 5) is 0. The lowest BCUT2D eigenvalue weighted by Crippen LogP contribution is -2.34. The van der Waals surface area contributed by atoms with Crippen molar-refractivity contribution in [2.24, 2.45) is 5.92 Å². The second-order valence-electron chi connectivity index (χ2n) is 5.43. The Hall–Kier alpha value is -1.26. The third-order valence-corrected chi connectivity index (χ3v) is 4.08. The van der Waals surface area contributed by atoms with Gasteiger partial charge in [-0.25, -0.2) is 0 Å². The Labute approximate surface area is 121 Å². The van der Waals surface area contributed by atoms with Gasteiger partial charge in [0.2, 0.25) is 0 Å². The van der Waals surface area contributed by atoms with Crippen LogP contribution >= 0.6 is 0 Å². The Morgan fingerprint density at radius 1 is 1.25 bits per heavy atom. The molecule has 1 aromatic carbocycles. The molecule has 1 unspecified atom stereocenters. The number of benzene rings is 1. The van der Waals surface area contributed by atoms with Crippen molar-refractivity contribution in [2.45, 2.75) is 25.8 Å². The van der Waals surface area contributed by atoms with Gasteiger partial charge in [0.15, 0.2) is 0 Å². The van der Waals surface area contributed by atoms with Crippen molar-refractivity contribution in [1.82, 2.24) is 10.6 Å². The van der Waals surface area contributed by atoms with E-state index in [2.05, 4.69) is 23.6 Å². The van der Waals surface area contributed by atoms with Crippen molar-refractivity contribution in [1.29, 1.82) is 0 Å². The topological polar surface area (TPSA) is 42.5 Å². The van der Waals surface area contributed by atoms with Crippen LogP contribution in [0.1, 0.15) is 31.4 Å². The molecule has 1 aromatic rings. The molecule has 112 valence electrons. The predicted molar refractivity (Wildman–Crippen MR) is 81.6 cm³/mol. The van der Waals surface area contributed by atoms with Crippen LogP contribution in [0.3, 0.4) is 0 Å². The molecule has 1 fully saturated rings. The fourth-order valence-electron chi connectivity index (χ4n) is 2.72. The van der Waals surface area contributed by atoms with Crippen LogP contribution in [0.15, 0.2) is 18.2 Å². The zero-order chi connectivity index (χ0) is 14.4. The summed E-state index contributed by atoms with van der Waals surface area (Å²) in [5, 5.41) is 7.04. The van der Waals surface area contributed by atoms with E-state index in [0.717, 1.165) is 37.1 Å². The van der Waals surface area contributed by atoms with E-state index in [1.807, 2.05) is 12.1 Å². The second kappa shape index (κ2) is 7.50. The molecular weight excluding hydrogens is 252 g/mol. The molecule has 1 aliphatic heterocycles. The van der Waals surface area contributed by atoms with Crippen molar-refractivity contribution >= 4 is 0 Å². The summed E-state index contributed by atoms with van der Waals surface area (Å²) in [7, 11) is 3.38. The molecule has 1 atom stereocenters. The molecular formula is C16H26N2O2.